The van der Waals surface area contributed by atoms with Crippen molar-refractivity contribution in [2.24, 2.45) is 0 Å². The van der Waals surface area contributed by atoms with Gasteiger partial charge in [-0.2, -0.15) is 0 Å². The van der Waals surface area contributed by atoms with Crippen molar-refractivity contribution in [3.05, 3.63) is 53.8 Å². The zero-order valence-corrected chi connectivity index (χ0v) is 11.9. The molecule has 0 aliphatic carbocycles. The third kappa shape index (κ3) is 2.48. The molecule has 1 atom stereocenters. The average molecular weight is 292 g/mol. The quantitative estimate of drug-likeness (QED) is 0.485. The Labute approximate surface area is 117 Å². The first-order valence-electron chi connectivity index (χ1n) is 5.92. The van der Waals surface area contributed by atoms with E-state index in [1.807, 2.05) is 18.2 Å². The number of ether oxygens (including phenoxy) is 1. The van der Waals surface area contributed by atoms with Crippen LogP contribution in [0.3, 0.4) is 0 Å². The molecule has 19 heavy (non-hydrogen) atoms. The molecule has 3 rings (SSSR count). The summed E-state index contributed by atoms with van der Waals surface area (Å²) in [6, 6.07) is 10.2. The van der Waals surface area contributed by atoms with E-state index in [4.69, 9.17) is 8.92 Å². The van der Waals surface area contributed by atoms with Crippen LogP contribution in [0, 0.1) is 0 Å². The van der Waals surface area contributed by atoms with Crippen LogP contribution in [-0.2, 0) is 13.7 Å². The maximum Gasteiger partial charge on any atom is 0.375 e. The van der Waals surface area contributed by atoms with Gasteiger partial charge in [0.15, 0.2) is 0 Å². The van der Waals surface area contributed by atoms with Gasteiger partial charge in [0.1, 0.15) is 0 Å². The van der Waals surface area contributed by atoms with Gasteiger partial charge in [0, 0.05) is 11.0 Å². The molecule has 0 saturated heterocycles. The number of hydrogen-bond acceptors (Lipinski definition) is 4. The highest BCUT2D eigenvalue weighted by molar-refractivity contribution is 8.86. The van der Waals surface area contributed by atoms with E-state index < -0.39 is 9.80 Å². The van der Waals surface area contributed by atoms with Gasteiger partial charge in [-0.25, -0.2) is 4.79 Å². The molecule has 0 fully saturated rings. The minimum absolute atomic E-state index is 0.316. The molecule has 3 nitrogen and oxygen atoms in total. The lowest BCUT2D eigenvalue weighted by Crippen LogP contribution is -2.07. The summed E-state index contributed by atoms with van der Waals surface area (Å²) >= 11 is 0. The molecule has 2 aliphatic heterocycles. The van der Waals surface area contributed by atoms with Crippen molar-refractivity contribution < 1.29 is 13.7 Å². The third-order valence-corrected chi connectivity index (χ3v) is 6.02. The van der Waals surface area contributed by atoms with E-state index in [2.05, 4.69) is 18.2 Å². The number of benzene rings is 1. The summed E-state index contributed by atoms with van der Waals surface area (Å²) in [5.74, 6) is -0.0665. The van der Waals surface area contributed by atoms with Crippen LogP contribution < -0.4 is 0 Å². The van der Waals surface area contributed by atoms with E-state index >= 15 is 0 Å². The molecule has 1 aromatic rings. The van der Waals surface area contributed by atoms with Gasteiger partial charge in [-0.05, 0) is 29.4 Å². The van der Waals surface area contributed by atoms with E-state index in [0.717, 1.165) is 4.86 Å². The fourth-order valence-electron chi connectivity index (χ4n) is 1.75. The molecule has 1 unspecified atom stereocenters. The van der Waals surface area contributed by atoms with Crippen molar-refractivity contribution in [1.82, 2.24) is 0 Å². The lowest BCUT2D eigenvalue weighted by molar-refractivity contribution is -0.140. The Bertz CT molecular complexity index is 615. The molecule has 0 aromatic heterocycles. The maximum atomic E-state index is 11.6. The number of rotatable bonds is 3. The lowest BCUT2D eigenvalue weighted by atomic mass is 10.2. The summed E-state index contributed by atoms with van der Waals surface area (Å²) in [6.07, 6.45) is 3.86. The van der Waals surface area contributed by atoms with Crippen molar-refractivity contribution >= 4 is 36.3 Å². The minimum atomic E-state index is -0.405. The SMILES string of the molecule is CCOC(=O)C1=CC2=S(O1)SC(c1ccccc1)=C2. The van der Waals surface area contributed by atoms with Crippen LogP contribution in [0.25, 0.3) is 4.91 Å². The second-order valence-corrected chi connectivity index (χ2v) is 7.03. The molecule has 0 saturated carbocycles. The van der Waals surface area contributed by atoms with Gasteiger partial charge < -0.3 is 8.92 Å². The summed E-state index contributed by atoms with van der Waals surface area (Å²) in [4.78, 5) is 13.8. The molecule has 98 valence electrons. The standard InChI is InChI=1S/C14H12O3S2/c1-2-16-14(15)12-8-11-9-13(18-19(11)17-12)10-6-4-3-5-7-10/h3-9H,2H2,1H3. The number of carbonyl (C=O) groups excluding carboxylic acids is 1. The first-order chi connectivity index (χ1) is 9.28. The minimum Gasteiger partial charge on any atom is -0.460 e. The molecule has 2 aliphatic rings. The van der Waals surface area contributed by atoms with Gasteiger partial charge in [-0.1, -0.05) is 30.3 Å². The Kier molecular flexibility index (Phi) is 3.48. The maximum absolute atomic E-state index is 11.6. The second-order valence-electron chi connectivity index (χ2n) is 3.91. The summed E-state index contributed by atoms with van der Waals surface area (Å²) < 4.78 is 10.6. The van der Waals surface area contributed by atoms with Gasteiger partial charge in [0.25, 0.3) is 0 Å². The second kappa shape index (κ2) is 5.27. The van der Waals surface area contributed by atoms with E-state index in [-0.39, 0.29) is 5.97 Å². The molecular formula is C14H12O3S2. The molecule has 2 heterocycles. The molecule has 5 heteroatoms. The normalized spacial score (nSPS) is 20.5. The van der Waals surface area contributed by atoms with E-state index in [1.165, 1.54) is 10.5 Å². The Balaban J connectivity index is 1.78. The molecule has 1 aromatic carbocycles. The molecule has 0 amide bonds. The average Bonchev–Trinajstić information content (AvgIpc) is 2.98. The zero-order valence-electron chi connectivity index (χ0n) is 10.3. The predicted octanol–water partition coefficient (Wildman–Crippen LogP) is 3.52. The highest BCUT2D eigenvalue weighted by Crippen LogP contribution is 2.53. The zero-order chi connectivity index (χ0) is 13.2. The predicted molar refractivity (Wildman–Crippen MR) is 80.4 cm³/mol. The van der Waals surface area contributed by atoms with Crippen LogP contribution in [0.5, 0.6) is 0 Å². The topological polar surface area (TPSA) is 35.5 Å². The Hall–Kier alpha value is -1.46. The number of esters is 1. The molecule has 0 radical (unpaired) electrons. The first-order valence-corrected chi connectivity index (χ1v) is 8.40. The Morgan fingerprint density at radius 1 is 1.32 bits per heavy atom. The molecule has 0 N–H and O–H groups in total. The van der Waals surface area contributed by atoms with Gasteiger partial charge in [0.05, 0.1) is 21.3 Å². The fraction of sp³-hybridized carbons (Fsp3) is 0.143. The molecular weight excluding hydrogens is 280 g/mol. The molecule has 0 spiro atoms. The highest BCUT2D eigenvalue weighted by atomic mass is 33.1. The van der Waals surface area contributed by atoms with Crippen molar-refractivity contribution in [3.8, 4) is 0 Å². The summed E-state index contributed by atoms with van der Waals surface area (Å²) in [7, 11) is 1.24. The van der Waals surface area contributed by atoms with Crippen LogP contribution in [0.4, 0.5) is 0 Å². The smallest absolute Gasteiger partial charge is 0.375 e. The summed E-state index contributed by atoms with van der Waals surface area (Å²) in [6.45, 7) is 2.15. The van der Waals surface area contributed by atoms with Gasteiger partial charge in [-0.15, -0.1) is 0 Å². The Morgan fingerprint density at radius 3 is 2.79 bits per heavy atom. The summed E-state index contributed by atoms with van der Waals surface area (Å²) in [5, 5.41) is 0. The van der Waals surface area contributed by atoms with E-state index in [9.17, 15) is 4.79 Å². The highest BCUT2D eigenvalue weighted by Gasteiger charge is 2.28. The van der Waals surface area contributed by atoms with Crippen LogP contribution in [0.2, 0.25) is 0 Å². The van der Waals surface area contributed by atoms with Gasteiger partial charge in [-0.3, -0.25) is 0 Å². The number of hydrogen-bond donors (Lipinski definition) is 0. The van der Waals surface area contributed by atoms with Crippen molar-refractivity contribution in [1.29, 1.82) is 0 Å². The van der Waals surface area contributed by atoms with Crippen LogP contribution >= 0.6 is 20.6 Å². The fourth-order valence-corrected chi connectivity index (χ4v) is 5.14. The lowest BCUT2D eigenvalue weighted by Gasteiger charge is -2.07. The third-order valence-electron chi connectivity index (χ3n) is 2.61. The Morgan fingerprint density at radius 2 is 2.11 bits per heavy atom. The van der Waals surface area contributed by atoms with Crippen LogP contribution in [0.15, 0.2) is 48.2 Å². The van der Waals surface area contributed by atoms with Crippen molar-refractivity contribution in [2.45, 2.75) is 6.92 Å². The number of allylic oxidation sites excluding steroid dienone is 2. The largest absolute Gasteiger partial charge is 0.460 e. The summed E-state index contributed by atoms with van der Waals surface area (Å²) in [5.41, 5.74) is 1.18. The molecule has 0 bridgehead atoms. The van der Waals surface area contributed by atoms with Crippen LogP contribution in [0.1, 0.15) is 12.5 Å². The van der Waals surface area contributed by atoms with E-state index in [0.29, 0.717) is 12.4 Å². The first kappa shape index (κ1) is 12.6. The number of carbonyl (C=O) groups is 1. The van der Waals surface area contributed by atoms with Crippen molar-refractivity contribution in [3.63, 3.8) is 0 Å². The van der Waals surface area contributed by atoms with Crippen molar-refractivity contribution in [2.75, 3.05) is 6.61 Å². The van der Waals surface area contributed by atoms with Gasteiger partial charge >= 0.3 is 5.97 Å². The van der Waals surface area contributed by atoms with Crippen LogP contribution in [-0.4, -0.2) is 17.4 Å². The monoisotopic (exact) mass is 292 g/mol. The van der Waals surface area contributed by atoms with E-state index in [1.54, 1.807) is 23.8 Å². The van der Waals surface area contributed by atoms with Gasteiger partial charge in [0.2, 0.25) is 5.76 Å².